The van der Waals surface area contributed by atoms with Gasteiger partial charge in [-0.2, -0.15) is 0 Å². The van der Waals surface area contributed by atoms with E-state index in [1.165, 1.54) is 109 Å². The average molecular weight is 1340 g/mol. The Bertz CT molecular complexity index is 1830. The normalized spacial score (nSPS) is 23.2. The molecule has 6 atom stereocenters. The lowest BCUT2D eigenvalue weighted by Crippen LogP contribution is -2.47. The van der Waals surface area contributed by atoms with E-state index in [4.69, 9.17) is 33.2 Å². The van der Waals surface area contributed by atoms with E-state index in [0.29, 0.717) is 56.2 Å². The molecule has 7 fully saturated rings. The second-order valence-corrected chi connectivity index (χ2v) is 34.4. The molecule has 0 aliphatic carbocycles. The number of hydrogen-bond donors (Lipinski definition) is 1. The molecular weight excluding hydrogens is 1180 g/mol. The predicted molar refractivity (Wildman–Crippen MR) is 389 cm³/mol. The Kier molecular flexibility index (Phi) is 45.5. The molecule has 0 aromatic heterocycles. The lowest BCUT2D eigenvalue weighted by Gasteiger charge is -2.34. The van der Waals surface area contributed by atoms with Crippen molar-refractivity contribution in [2.45, 2.75) is 323 Å². The van der Waals surface area contributed by atoms with Gasteiger partial charge in [0.1, 0.15) is 23.5 Å². The maximum atomic E-state index is 11.9. The Hall–Kier alpha value is -2.92. The van der Waals surface area contributed by atoms with Crippen molar-refractivity contribution in [3.63, 3.8) is 0 Å². The molecule has 94 heavy (non-hydrogen) atoms. The van der Waals surface area contributed by atoms with Gasteiger partial charge in [0.2, 0.25) is 5.91 Å². The predicted octanol–water partition coefficient (Wildman–Crippen LogP) is 18.7. The number of morpholine rings is 1. The van der Waals surface area contributed by atoms with Crippen molar-refractivity contribution in [3.05, 3.63) is 0 Å². The van der Waals surface area contributed by atoms with Crippen LogP contribution in [0.25, 0.3) is 0 Å². The zero-order chi connectivity index (χ0) is 71.2. The second kappa shape index (κ2) is 48.0. The van der Waals surface area contributed by atoms with Gasteiger partial charge in [0, 0.05) is 66.0 Å². The van der Waals surface area contributed by atoms with Gasteiger partial charge < -0.3 is 53.2 Å². The molecule has 0 saturated carbocycles. The van der Waals surface area contributed by atoms with Crippen LogP contribution < -0.4 is 5.32 Å². The van der Waals surface area contributed by atoms with Crippen LogP contribution >= 0.6 is 0 Å². The zero-order valence-corrected chi connectivity index (χ0v) is 65.7. The van der Waals surface area contributed by atoms with Crippen LogP contribution in [0.3, 0.4) is 0 Å². The van der Waals surface area contributed by atoms with Gasteiger partial charge in [-0.3, -0.25) is 9.69 Å². The van der Waals surface area contributed by atoms with Gasteiger partial charge in [-0.25, -0.2) is 14.4 Å². The van der Waals surface area contributed by atoms with Gasteiger partial charge in [0.15, 0.2) is 0 Å². The summed E-state index contributed by atoms with van der Waals surface area (Å²) in [4.78, 5) is 54.0. The Labute approximate surface area is 579 Å². The van der Waals surface area contributed by atoms with E-state index in [9.17, 15) is 19.2 Å². The zero-order valence-electron chi connectivity index (χ0n) is 65.7. The highest BCUT2D eigenvalue weighted by Crippen LogP contribution is 2.28. The summed E-state index contributed by atoms with van der Waals surface area (Å²) in [6.45, 7) is 62.3. The number of piperidine rings is 3. The van der Waals surface area contributed by atoms with Crippen LogP contribution in [0.1, 0.15) is 288 Å². The van der Waals surface area contributed by atoms with E-state index in [1.807, 2.05) is 72.1 Å². The topological polar surface area (TPSA) is 158 Å². The number of nitrogens with one attached hydrogen (secondary N) is 1. The molecule has 0 aromatic rings. The van der Waals surface area contributed by atoms with Gasteiger partial charge >= 0.3 is 18.3 Å². The quantitative estimate of drug-likeness (QED) is 0.164. The molecule has 4 amide bonds. The molecule has 556 valence electrons. The third-order valence-corrected chi connectivity index (χ3v) is 17.2. The molecule has 16 heteroatoms. The van der Waals surface area contributed by atoms with Crippen LogP contribution in [-0.2, 0) is 38.0 Å². The van der Waals surface area contributed by atoms with Gasteiger partial charge in [0.25, 0.3) is 0 Å². The molecule has 0 aromatic carbocycles. The molecule has 7 saturated heterocycles. The molecule has 6 unspecified atom stereocenters. The third kappa shape index (κ3) is 47.9. The van der Waals surface area contributed by atoms with Crippen molar-refractivity contribution in [2.75, 3.05) is 92.1 Å². The molecule has 7 heterocycles. The first-order chi connectivity index (χ1) is 43.8. The minimum absolute atomic E-state index is 0.147. The largest absolute Gasteiger partial charge is 0.444 e. The summed E-state index contributed by atoms with van der Waals surface area (Å²) >= 11 is 0. The summed E-state index contributed by atoms with van der Waals surface area (Å²) in [6, 6.07) is 0. The van der Waals surface area contributed by atoms with Crippen molar-refractivity contribution >= 4 is 24.2 Å². The van der Waals surface area contributed by atoms with Crippen LogP contribution in [0.15, 0.2) is 0 Å². The van der Waals surface area contributed by atoms with Crippen molar-refractivity contribution in [2.24, 2.45) is 65.1 Å². The molecule has 7 aliphatic rings. The summed E-state index contributed by atoms with van der Waals surface area (Å²) in [6.07, 6.45) is 24.0. The summed E-state index contributed by atoms with van der Waals surface area (Å²) in [5.41, 5.74) is -1.25. The van der Waals surface area contributed by atoms with Crippen LogP contribution in [0.5, 0.6) is 0 Å². The Morgan fingerprint density at radius 1 is 0.383 bits per heavy atom. The van der Waals surface area contributed by atoms with Gasteiger partial charge in [-0.1, -0.05) is 96.9 Å². The number of nitrogens with zero attached hydrogens (tertiary/aromatic N) is 4. The van der Waals surface area contributed by atoms with E-state index in [2.05, 4.69) is 102 Å². The standard InChI is InChI=1S/C14H27NO2.2C13H25NO3.C11H21NO.C9H19N.2C9H18O/c1-11(2)9-12-7-6-8-15(10-12)13(16)17-14(3,4)5;1-10(2)8-11-9-14(6-7-16-11)12(15)17-13(3,4)5;1-10(2)8-11-6-7-14(9-16-11)12(15)17-13(3,4)5;1-9(2)7-11-5-4-6-12(8-11)10(3)13;1-8(2)6-9-4-3-5-10-7-9;1-8(2)7-9-3-5-10-6-4-9;1-8(2)7-9-5-3-4-6-10-9/h11-12H,6-10H2,1-5H3;2*10-11H,6-9H2,1-5H3;9,11H,4-8H2,1-3H3;8-10H,3-7H2,1-2H3;2*8-9H,3-7H2,1-2H3. The first-order valence-corrected chi connectivity index (χ1v) is 38.1. The maximum absolute atomic E-state index is 11.9. The minimum atomic E-state index is -0.439. The maximum Gasteiger partial charge on any atom is 0.412 e. The monoisotopic (exact) mass is 1340 g/mol. The molecule has 7 rings (SSSR count). The number of ether oxygens (including phenoxy) is 7. The van der Waals surface area contributed by atoms with Crippen LogP contribution in [0.2, 0.25) is 0 Å². The molecule has 1 N–H and O–H groups in total. The summed E-state index contributed by atoms with van der Waals surface area (Å²) in [5.74, 6) is 8.78. The van der Waals surface area contributed by atoms with Crippen molar-refractivity contribution in [1.29, 1.82) is 0 Å². The molecule has 16 nitrogen and oxygen atoms in total. The van der Waals surface area contributed by atoms with E-state index in [-0.39, 0.29) is 42.0 Å². The van der Waals surface area contributed by atoms with Crippen LogP contribution in [0, 0.1) is 65.1 Å². The number of amides is 4. The fourth-order valence-electron chi connectivity index (χ4n) is 13.3. The highest BCUT2D eigenvalue weighted by molar-refractivity contribution is 5.73. The summed E-state index contributed by atoms with van der Waals surface area (Å²) < 4.78 is 38.3. The SMILES string of the molecule is CC(=O)N1CCCC(CC(C)C)C1.CC(C)CC1CCCCO1.CC(C)CC1CCCN(C(=O)OC(C)(C)C)C1.CC(C)CC1CCCNC1.CC(C)CC1CCN(C(=O)OC(C)(C)C)CO1.CC(C)CC1CCOCC1.CC(C)CC1CN(C(=O)OC(C)(C)C)CCO1. The number of likely N-dealkylation sites (tertiary alicyclic amines) is 2. The molecular formula is C78H153N5O11. The summed E-state index contributed by atoms with van der Waals surface area (Å²) in [7, 11) is 0. The second-order valence-electron chi connectivity index (χ2n) is 34.4. The van der Waals surface area contributed by atoms with E-state index in [0.717, 1.165) is 120 Å². The lowest BCUT2D eigenvalue weighted by molar-refractivity contribution is -0.130. The van der Waals surface area contributed by atoms with Gasteiger partial charge in [0.05, 0.1) is 31.5 Å². The highest BCUT2D eigenvalue weighted by Gasteiger charge is 2.31. The number of carbonyl (C=O) groups excluding carboxylic acids is 4. The fraction of sp³-hybridized carbons (Fsp3) is 0.949. The van der Waals surface area contributed by atoms with E-state index in [1.54, 1.807) is 16.7 Å². The summed E-state index contributed by atoms with van der Waals surface area (Å²) in [5, 5.41) is 3.44. The number of rotatable bonds is 14. The van der Waals surface area contributed by atoms with Crippen LogP contribution in [-0.4, -0.2) is 171 Å². The third-order valence-electron chi connectivity index (χ3n) is 17.2. The van der Waals surface area contributed by atoms with Crippen molar-refractivity contribution in [3.8, 4) is 0 Å². The van der Waals surface area contributed by atoms with Gasteiger partial charge in [-0.15, -0.1) is 0 Å². The fourth-order valence-corrected chi connectivity index (χ4v) is 13.3. The van der Waals surface area contributed by atoms with E-state index < -0.39 is 11.2 Å². The number of hydrogen-bond acceptors (Lipinski definition) is 12. The molecule has 0 spiro atoms. The number of carbonyl (C=O) groups is 4. The van der Waals surface area contributed by atoms with Gasteiger partial charge in [-0.05, 0) is 262 Å². The van der Waals surface area contributed by atoms with Crippen LogP contribution in [0.4, 0.5) is 14.4 Å². The Morgan fingerprint density at radius 3 is 1.20 bits per heavy atom. The highest BCUT2D eigenvalue weighted by atomic mass is 16.6. The lowest BCUT2D eigenvalue weighted by atomic mass is 9.90. The average Bonchev–Trinajstić information content (AvgIpc) is 1.19. The van der Waals surface area contributed by atoms with Crippen molar-refractivity contribution in [1.82, 2.24) is 24.9 Å². The molecule has 0 bridgehead atoms. The Balaban J connectivity index is 0.000000555. The minimum Gasteiger partial charge on any atom is -0.444 e. The first-order valence-electron chi connectivity index (χ1n) is 38.1. The van der Waals surface area contributed by atoms with E-state index >= 15 is 0 Å². The first kappa shape index (κ1) is 89.1. The van der Waals surface area contributed by atoms with Crippen molar-refractivity contribution < 1.29 is 52.3 Å². The smallest absolute Gasteiger partial charge is 0.412 e. The Morgan fingerprint density at radius 2 is 0.787 bits per heavy atom. The molecule has 0 radical (unpaired) electrons. The molecule has 7 aliphatic heterocycles.